The Hall–Kier alpha value is 0.1000. The average Bonchev–Trinajstić information content (AvgIpc) is 2.61. The van der Waals surface area contributed by atoms with Gasteiger partial charge in [-0.15, -0.1) is 11.3 Å². The van der Waals surface area contributed by atoms with Crippen molar-refractivity contribution in [3.8, 4) is 0 Å². The molecule has 0 aliphatic rings. The van der Waals surface area contributed by atoms with Crippen molar-refractivity contribution in [3.63, 3.8) is 0 Å². The fraction of sp³-hybridized carbons (Fsp3) is 0.667. The van der Waals surface area contributed by atoms with Crippen molar-refractivity contribution < 1.29 is 0 Å². The second-order valence-electron chi connectivity index (χ2n) is 4.22. The molecule has 0 spiro atoms. The Kier molecular flexibility index (Phi) is 6.58. The molecule has 0 fully saturated rings. The normalized spacial score (nSPS) is 13.3. The Morgan fingerprint density at radius 3 is 2.88 bits per heavy atom. The van der Waals surface area contributed by atoms with E-state index in [4.69, 9.17) is 0 Å². The first-order chi connectivity index (χ1) is 7.61. The lowest BCUT2D eigenvalue weighted by Crippen LogP contribution is -2.30. The summed E-state index contributed by atoms with van der Waals surface area (Å²) in [4.78, 5) is 3.80. The Balaban J connectivity index is 2.23. The molecule has 0 aromatic carbocycles. The highest BCUT2D eigenvalue weighted by Crippen LogP contribution is 2.20. The molecule has 92 valence electrons. The largest absolute Gasteiger partial charge is 0.314 e. The van der Waals surface area contributed by atoms with Crippen LogP contribution in [0.3, 0.4) is 0 Å². The maximum absolute atomic E-state index is 3.49. The van der Waals surface area contributed by atoms with E-state index in [9.17, 15) is 0 Å². The van der Waals surface area contributed by atoms with Gasteiger partial charge in [0.2, 0.25) is 0 Å². The number of hydrogen-bond acceptors (Lipinski definition) is 3. The van der Waals surface area contributed by atoms with Crippen molar-refractivity contribution in [1.29, 1.82) is 0 Å². The molecule has 1 atom stereocenters. The molecule has 1 rings (SSSR count). The van der Waals surface area contributed by atoms with Crippen molar-refractivity contribution in [1.82, 2.24) is 10.2 Å². The predicted molar refractivity (Wildman–Crippen MR) is 76.1 cm³/mol. The van der Waals surface area contributed by atoms with E-state index in [2.05, 4.69) is 58.5 Å². The first-order valence-corrected chi connectivity index (χ1v) is 7.44. The number of halogens is 1. The van der Waals surface area contributed by atoms with Crippen LogP contribution in [0.2, 0.25) is 0 Å². The molecular weight excluding hydrogens is 284 g/mol. The Labute approximate surface area is 111 Å². The molecule has 0 aliphatic carbocycles. The summed E-state index contributed by atoms with van der Waals surface area (Å²) in [6, 6.07) is 2.82. The summed E-state index contributed by atoms with van der Waals surface area (Å²) in [5.41, 5.74) is 0. The zero-order valence-corrected chi connectivity index (χ0v) is 12.7. The average molecular weight is 305 g/mol. The molecule has 1 N–H and O–H groups in total. The Morgan fingerprint density at radius 1 is 1.56 bits per heavy atom. The van der Waals surface area contributed by atoms with Crippen molar-refractivity contribution in [3.05, 3.63) is 20.8 Å². The van der Waals surface area contributed by atoms with E-state index in [1.54, 1.807) is 0 Å². The second-order valence-corrected chi connectivity index (χ2v) is 6.13. The number of nitrogens with zero attached hydrogens (tertiary/aromatic N) is 1. The van der Waals surface area contributed by atoms with Crippen LogP contribution in [0.4, 0.5) is 0 Å². The highest BCUT2D eigenvalue weighted by Gasteiger charge is 2.05. The zero-order valence-electron chi connectivity index (χ0n) is 10.3. The topological polar surface area (TPSA) is 15.3 Å². The minimum absolute atomic E-state index is 0.613. The molecule has 0 saturated heterocycles. The number of nitrogens with one attached hydrogen (secondary N) is 1. The van der Waals surface area contributed by atoms with Gasteiger partial charge in [-0.05, 0) is 55.5 Å². The van der Waals surface area contributed by atoms with Crippen LogP contribution in [0.5, 0.6) is 0 Å². The molecule has 0 saturated carbocycles. The molecule has 1 aromatic rings. The summed E-state index contributed by atoms with van der Waals surface area (Å²) < 4.78 is 1.20. The Morgan fingerprint density at radius 2 is 2.31 bits per heavy atom. The highest BCUT2D eigenvalue weighted by molar-refractivity contribution is 9.10. The smallest absolute Gasteiger partial charge is 0.0325 e. The summed E-state index contributed by atoms with van der Waals surface area (Å²) in [7, 11) is 2.19. The monoisotopic (exact) mass is 304 g/mol. The van der Waals surface area contributed by atoms with Crippen LogP contribution >= 0.6 is 27.3 Å². The van der Waals surface area contributed by atoms with Gasteiger partial charge in [-0.25, -0.2) is 0 Å². The van der Waals surface area contributed by atoms with Crippen LogP contribution < -0.4 is 5.32 Å². The third-order valence-electron chi connectivity index (χ3n) is 2.54. The first-order valence-electron chi connectivity index (χ1n) is 5.76. The van der Waals surface area contributed by atoms with Gasteiger partial charge in [0, 0.05) is 27.3 Å². The van der Waals surface area contributed by atoms with Gasteiger partial charge in [0.1, 0.15) is 0 Å². The van der Waals surface area contributed by atoms with Crippen molar-refractivity contribution in [2.75, 3.05) is 20.1 Å². The quantitative estimate of drug-likeness (QED) is 0.831. The highest BCUT2D eigenvalue weighted by atomic mass is 79.9. The van der Waals surface area contributed by atoms with E-state index < -0.39 is 0 Å². The molecular formula is C12H21BrN2S. The molecule has 1 aromatic heterocycles. The van der Waals surface area contributed by atoms with E-state index in [-0.39, 0.29) is 0 Å². The molecule has 0 amide bonds. The summed E-state index contributed by atoms with van der Waals surface area (Å²) in [6.45, 7) is 7.66. The van der Waals surface area contributed by atoms with Crippen molar-refractivity contribution >= 4 is 27.3 Å². The lowest BCUT2D eigenvalue weighted by molar-refractivity contribution is 0.307. The lowest BCUT2D eigenvalue weighted by Gasteiger charge is -2.19. The van der Waals surface area contributed by atoms with Crippen molar-refractivity contribution in [2.24, 2.45) is 0 Å². The second kappa shape index (κ2) is 7.43. The Bertz CT molecular complexity index is 301. The number of rotatable bonds is 7. The van der Waals surface area contributed by atoms with Gasteiger partial charge in [0.25, 0.3) is 0 Å². The molecule has 16 heavy (non-hydrogen) atoms. The predicted octanol–water partition coefficient (Wildman–Crippen LogP) is 3.33. The molecule has 1 heterocycles. The van der Waals surface area contributed by atoms with Crippen LogP contribution in [0, 0.1) is 0 Å². The zero-order chi connectivity index (χ0) is 12.0. The molecule has 0 aliphatic heterocycles. The van der Waals surface area contributed by atoms with Crippen LogP contribution in [0.15, 0.2) is 15.9 Å². The van der Waals surface area contributed by atoms with E-state index in [0.29, 0.717) is 6.04 Å². The number of thiophene rings is 1. The molecule has 4 heteroatoms. The van der Waals surface area contributed by atoms with E-state index in [1.807, 2.05) is 11.3 Å². The summed E-state index contributed by atoms with van der Waals surface area (Å²) in [5.74, 6) is 0. The maximum Gasteiger partial charge on any atom is 0.0325 e. The van der Waals surface area contributed by atoms with Crippen molar-refractivity contribution in [2.45, 2.75) is 32.9 Å². The summed E-state index contributed by atoms with van der Waals surface area (Å²) >= 11 is 5.30. The maximum atomic E-state index is 3.49. The van der Waals surface area contributed by atoms with E-state index in [0.717, 1.165) is 19.6 Å². The van der Waals surface area contributed by atoms with Gasteiger partial charge in [-0.2, -0.15) is 0 Å². The minimum Gasteiger partial charge on any atom is -0.314 e. The van der Waals surface area contributed by atoms with Gasteiger partial charge >= 0.3 is 0 Å². The lowest BCUT2D eigenvalue weighted by atomic mass is 10.2. The van der Waals surface area contributed by atoms with Crippen LogP contribution in [-0.4, -0.2) is 31.1 Å². The van der Waals surface area contributed by atoms with Gasteiger partial charge in [-0.1, -0.05) is 6.92 Å². The van der Waals surface area contributed by atoms with Gasteiger partial charge in [0.15, 0.2) is 0 Å². The van der Waals surface area contributed by atoms with Crippen LogP contribution in [-0.2, 0) is 6.54 Å². The minimum atomic E-state index is 0.613. The van der Waals surface area contributed by atoms with E-state index in [1.165, 1.54) is 15.8 Å². The van der Waals surface area contributed by atoms with Gasteiger partial charge < -0.3 is 10.2 Å². The fourth-order valence-electron chi connectivity index (χ4n) is 1.65. The molecule has 2 nitrogen and oxygen atoms in total. The SMILES string of the molecule is CCNC(C)CCN(C)Cc1cc(Br)cs1. The van der Waals surface area contributed by atoms with Crippen LogP contribution in [0.25, 0.3) is 0 Å². The number of hydrogen-bond donors (Lipinski definition) is 1. The molecule has 0 bridgehead atoms. The van der Waals surface area contributed by atoms with Gasteiger partial charge in [0.05, 0.1) is 0 Å². The van der Waals surface area contributed by atoms with E-state index >= 15 is 0 Å². The standard InChI is InChI=1S/C12H21BrN2S/c1-4-14-10(2)5-6-15(3)8-12-7-11(13)9-16-12/h7,9-10,14H,4-6,8H2,1-3H3. The summed E-state index contributed by atoms with van der Waals surface area (Å²) in [5, 5.41) is 5.58. The molecule has 1 unspecified atom stereocenters. The first kappa shape index (κ1) is 14.2. The third-order valence-corrected chi connectivity index (χ3v) is 4.23. The fourth-order valence-corrected chi connectivity index (χ4v) is 3.18. The van der Waals surface area contributed by atoms with Gasteiger partial charge in [-0.3, -0.25) is 0 Å². The summed E-state index contributed by atoms with van der Waals surface area (Å²) in [6.07, 6.45) is 1.21. The van der Waals surface area contributed by atoms with Crippen LogP contribution in [0.1, 0.15) is 25.1 Å². The molecule has 0 radical (unpaired) electrons. The third kappa shape index (κ3) is 5.43.